The van der Waals surface area contributed by atoms with E-state index in [2.05, 4.69) is 10.3 Å². The highest BCUT2D eigenvalue weighted by atomic mass is 14.9. The van der Waals surface area contributed by atoms with Crippen molar-refractivity contribution in [1.29, 1.82) is 5.26 Å². The first-order valence-corrected chi connectivity index (χ1v) is 4.90. The lowest BCUT2D eigenvalue weighted by Gasteiger charge is -1.95. The average Bonchev–Trinajstić information content (AvgIpc) is 2.34. The monoisotopic (exact) mass is 193 g/mol. The van der Waals surface area contributed by atoms with Crippen molar-refractivity contribution in [2.45, 2.75) is 27.7 Å². The number of anilines is 1. The minimum absolute atomic E-state index is 0.582. The molecular weight excluding hydrogens is 174 g/mol. The maximum atomic E-state index is 8.39. The molecule has 0 aliphatic carbocycles. The number of nitrogens with one attached hydrogen (secondary N) is 1. The van der Waals surface area contributed by atoms with Crippen LogP contribution in [0.25, 0.3) is 0 Å². The van der Waals surface area contributed by atoms with Crippen molar-refractivity contribution in [2.24, 2.45) is 0 Å². The van der Waals surface area contributed by atoms with E-state index in [-0.39, 0.29) is 0 Å². The Morgan fingerprint density at radius 3 is 2.07 bits per heavy atom. The molecule has 1 rings (SSSR count). The predicted molar refractivity (Wildman–Crippen MR) is 61.2 cm³/mol. The maximum absolute atomic E-state index is 8.39. The molecule has 1 aromatic heterocycles. The van der Waals surface area contributed by atoms with E-state index >= 15 is 0 Å². The van der Waals surface area contributed by atoms with Gasteiger partial charge in [0, 0.05) is 13.2 Å². The minimum atomic E-state index is 0.582. The summed E-state index contributed by atoms with van der Waals surface area (Å²) in [7, 11) is 1.79. The molecule has 0 aliphatic heterocycles. The van der Waals surface area contributed by atoms with Gasteiger partial charge < -0.3 is 5.32 Å². The molecule has 0 spiro atoms. The second-order valence-corrected chi connectivity index (χ2v) is 1.79. The summed E-state index contributed by atoms with van der Waals surface area (Å²) >= 11 is 0. The van der Waals surface area contributed by atoms with E-state index in [1.807, 2.05) is 33.8 Å². The van der Waals surface area contributed by atoms with Gasteiger partial charge in [-0.2, -0.15) is 5.26 Å². The summed E-state index contributed by atoms with van der Waals surface area (Å²) in [4.78, 5) is 3.93. The Bertz CT molecular complexity index is 246. The van der Waals surface area contributed by atoms with Crippen molar-refractivity contribution < 1.29 is 0 Å². The van der Waals surface area contributed by atoms with Crippen molar-refractivity contribution in [3.05, 3.63) is 23.9 Å². The van der Waals surface area contributed by atoms with Gasteiger partial charge in [0.15, 0.2) is 0 Å². The third-order valence-corrected chi connectivity index (χ3v) is 1.15. The van der Waals surface area contributed by atoms with E-state index in [0.29, 0.717) is 5.56 Å². The van der Waals surface area contributed by atoms with Gasteiger partial charge in [-0.25, -0.2) is 4.98 Å². The van der Waals surface area contributed by atoms with E-state index in [4.69, 9.17) is 5.26 Å². The normalized spacial score (nSPS) is 6.86. The SMILES string of the molecule is CC.CC.CNc1ccc(C#N)cn1. The van der Waals surface area contributed by atoms with E-state index in [1.54, 1.807) is 19.2 Å². The first kappa shape index (κ1) is 14.9. The second-order valence-electron chi connectivity index (χ2n) is 1.79. The third-order valence-electron chi connectivity index (χ3n) is 1.15. The number of nitrogens with zero attached hydrogens (tertiary/aromatic N) is 2. The van der Waals surface area contributed by atoms with Crippen LogP contribution in [0.3, 0.4) is 0 Å². The Labute approximate surface area is 86.8 Å². The van der Waals surface area contributed by atoms with Crippen molar-refractivity contribution in [3.63, 3.8) is 0 Å². The molecule has 0 aromatic carbocycles. The van der Waals surface area contributed by atoms with Gasteiger partial charge in [-0.1, -0.05) is 27.7 Å². The molecule has 0 bridgehead atoms. The Morgan fingerprint density at radius 1 is 1.21 bits per heavy atom. The number of hydrogen-bond donors (Lipinski definition) is 1. The third kappa shape index (κ3) is 6.01. The molecule has 1 heterocycles. The zero-order valence-corrected chi connectivity index (χ0v) is 9.63. The van der Waals surface area contributed by atoms with Crippen LogP contribution in [-0.4, -0.2) is 12.0 Å². The lowest BCUT2D eigenvalue weighted by atomic mass is 10.3. The number of aromatic nitrogens is 1. The fourth-order valence-corrected chi connectivity index (χ4v) is 0.608. The summed E-state index contributed by atoms with van der Waals surface area (Å²) < 4.78 is 0. The van der Waals surface area contributed by atoms with Gasteiger partial charge in [0.05, 0.1) is 5.56 Å². The predicted octanol–water partition coefficient (Wildman–Crippen LogP) is 3.05. The van der Waals surface area contributed by atoms with Crippen LogP contribution in [0.2, 0.25) is 0 Å². The largest absolute Gasteiger partial charge is 0.373 e. The fourth-order valence-electron chi connectivity index (χ4n) is 0.608. The average molecular weight is 193 g/mol. The number of hydrogen-bond acceptors (Lipinski definition) is 3. The molecule has 0 amide bonds. The van der Waals surface area contributed by atoms with Crippen LogP contribution in [-0.2, 0) is 0 Å². The summed E-state index contributed by atoms with van der Waals surface area (Å²) in [5.41, 5.74) is 0.582. The topological polar surface area (TPSA) is 48.7 Å². The molecule has 3 heteroatoms. The van der Waals surface area contributed by atoms with Crippen LogP contribution in [0.15, 0.2) is 18.3 Å². The highest BCUT2D eigenvalue weighted by molar-refractivity contribution is 5.38. The van der Waals surface area contributed by atoms with E-state index in [1.165, 1.54) is 6.20 Å². The van der Waals surface area contributed by atoms with Gasteiger partial charge in [-0.05, 0) is 12.1 Å². The van der Waals surface area contributed by atoms with Crippen LogP contribution >= 0.6 is 0 Å². The zero-order valence-electron chi connectivity index (χ0n) is 9.63. The molecule has 0 saturated heterocycles. The number of rotatable bonds is 1. The van der Waals surface area contributed by atoms with Crippen molar-refractivity contribution in [1.82, 2.24) is 4.98 Å². The van der Waals surface area contributed by atoms with Crippen molar-refractivity contribution in [3.8, 4) is 6.07 Å². The summed E-state index contributed by atoms with van der Waals surface area (Å²) in [5.74, 6) is 0.777. The lowest BCUT2D eigenvalue weighted by molar-refractivity contribution is 1.27. The summed E-state index contributed by atoms with van der Waals surface area (Å²) in [6.07, 6.45) is 1.53. The molecule has 1 aromatic rings. The van der Waals surface area contributed by atoms with Gasteiger partial charge in [-0.15, -0.1) is 0 Å². The zero-order chi connectivity index (χ0) is 11.4. The van der Waals surface area contributed by atoms with E-state index in [0.717, 1.165) is 5.82 Å². The molecule has 0 unspecified atom stereocenters. The molecule has 0 radical (unpaired) electrons. The van der Waals surface area contributed by atoms with Crippen molar-refractivity contribution in [2.75, 3.05) is 12.4 Å². The first-order chi connectivity index (χ1) is 6.86. The molecule has 1 N–H and O–H groups in total. The smallest absolute Gasteiger partial charge is 0.125 e. The summed E-state index contributed by atoms with van der Waals surface area (Å²) in [5, 5.41) is 11.2. The van der Waals surface area contributed by atoms with Crippen LogP contribution in [0.4, 0.5) is 5.82 Å². The first-order valence-electron chi connectivity index (χ1n) is 4.90. The number of pyridine rings is 1. The van der Waals surface area contributed by atoms with Gasteiger partial charge in [-0.3, -0.25) is 0 Å². The standard InChI is InChI=1S/C7H7N3.2C2H6/c1-9-7-3-2-6(4-8)5-10-7;2*1-2/h2-3,5H,1H3,(H,9,10);2*1-2H3. The second kappa shape index (κ2) is 11.4. The van der Waals surface area contributed by atoms with E-state index in [9.17, 15) is 0 Å². The summed E-state index contributed by atoms with van der Waals surface area (Å²) in [6.45, 7) is 8.00. The molecular formula is C11H19N3. The van der Waals surface area contributed by atoms with Crippen LogP contribution < -0.4 is 5.32 Å². The van der Waals surface area contributed by atoms with Crippen molar-refractivity contribution >= 4 is 5.82 Å². The number of nitriles is 1. The van der Waals surface area contributed by atoms with Gasteiger partial charge in [0.1, 0.15) is 11.9 Å². The minimum Gasteiger partial charge on any atom is -0.373 e. The Hall–Kier alpha value is -1.56. The highest BCUT2D eigenvalue weighted by Crippen LogP contribution is 2.01. The maximum Gasteiger partial charge on any atom is 0.125 e. The van der Waals surface area contributed by atoms with Crippen LogP contribution in [0.1, 0.15) is 33.3 Å². The highest BCUT2D eigenvalue weighted by Gasteiger charge is 1.89. The molecule has 14 heavy (non-hydrogen) atoms. The molecule has 0 fully saturated rings. The fraction of sp³-hybridized carbons (Fsp3) is 0.455. The Morgan fingerprint density at radius 2 is 1.79 bits per heavy atom. The van der Waals surface area contributed by atoms with Crippen LogP contribution in [0.5, 0.6) is 0 Å². The molecule has 0 saturated carbocycles. The molecule has 78 valence electrons. The molecule has 0 atom stereocenters. The van der Waals surface area contributed by atoms with Gasteiger partial charge in [0.2, 0.25) is 0 Å². The Balaban J connectivity index is 0. The molecule has 0 aliphatic rings. The van der Waals surface area contributed by atoms with Crippen LogP contribution in [0, 0.1) is 11.3 Å². The quantitative estimate of drug-likeness (QED) is 0.745. The molecule has 3 nitrogen and oxygen atoms in total. The Kier molecular flexibility index (Phi) is 12.2. The van der Waals surface area contributed by atoms with Gasteiger partial charge in [0.25, 0.3) is 0 Å². The lowest BCUT2D eigenvalue weighted by Crippen LogP contribution is -1.90. The van der Waals surface area contributed by atoms with E-state index < -0.39 is 0 Å². The summed E-state index contributed by atoms with van der Waals surface area (Å²) in [6, 6.07) is 5.47. The van der Waals surface area contributed by atoms with Gasteiger partial charge >= 0.3 is 0 Å².